The molecule has 0 radical (unpaired) electrons. The van der Waals surface area contributed by atoms with Gasteiger partial charge in [0.25, 0.3) is 5.91 Å². The number of amides is 1. The molecule has 5 rings (SSSR count). The topological polar surface area (TPSA) is 72.5 Å². The summed E-state index contributed by atoms with van der Waals surface area (Å²) >= 11 is 7.26. The number of carbonyl (C=O) groups is 1. The van der Waals surface area contributed by atoms with E-state index >= 15 is 0 Å². The van der Waals surface area contributed by atoms with Crippen molar-refractivity contribution >= 4 is 39.7 Å². The van der Waals surface area contributed by atoms with Gasteiger partial charge in [-0.3, -0.25) is 4.79 Å². The molecular weight excluding hydrogens is 565 g/mol. The molecule has 1 amide bonds. The number of rotatable bonds is 6. The molecule has 1 aromatic carbocycles. The fourth-order valence-corrected chi connectivity index (χ4v) is 5.71. The minimum atomic E-state index is -4.74. The van der Waals surface area contributed by atoms with Gasteiger partial charge in [-0.2, -0.15) is 0 Å². The van der Waals surface area contributed by atoms with Crippen molar-refractivity contribution < 1.29 is 27.2 Å². The second-order valence-electron chi connectivity index (χ2n) is 9.86. The molecular formula is C28H32ClF3N4O3S. The van der Waals surface area contributed by atoms with Gasteiger partial charge < -0.3 is 24.0 Å². The molecule has 0 saturated carbocycles. The minimum absolute atomic E-state index is 0.106. The summed E-state index contributed by atoms with van der Waals surface area (Å²) in [7, 11) is 0. The molecule has 40 heavy (non-hydrogen) atoms. The van der Waals surface area contributed by atoms with Crippen molar-refractivity contribution in [2.45, 2.75) is 65.5 Å². The van der Waals surface area contributed by atoms with Crippen LogP contribution in [0.25, 0.3) is 21.5 Å². The number of nitrogens with one attached hydrogen (secondary N) is 1. The van der Waals surface area contributed by atoms with E-state index in [1.165, 1.54) is 23.5 Å². The lowest BCUT2D eigenvalue weighted by Gasteiger charge is -2.34. The predicted octanol–water partition coefficient (Wildman–Crippen LogP) is 7.53. The number of fused-ring (bicyclic) bond motifs is 1. The van der Waals surface area contributed by atoms with E-state index in [1.807, 2.05) is 36.6 Å². The first-order valence-electron chi connectivity index (χ1n) is 13.1. The highest BCUT2D eigenvalue weighted by Gasteiger charge is 2.31. The van der Waals surface area contributed by atoms with Gasteiger partial charge in [-0.05, 0) is 76.9 Å². The smallest absolute Gasteiger partial charge is 0.406 e. The largest absolute Gasteiger partial charge is 0.573 e. The van der Waals surface area contributed by atoms with Crippen molar-refractivity contribution in [3.63, 3.8) is 0 Å². The van der Waals surface area contributed by atoms with Crippen molar-refractivity contribution in [1.82, 2.24) is 19.9 Å². The SMILES string of the molecule is CCn1c(C(=O)NC2CCN(C(C)C)CC2)cc2cc(OC(F)(F)F)ccc21.Cc1cc(-c2ccc(Cl)s2)on1. The van der Waals surface area contributed by atoms with Crippen LogP contribution in [0.4, 0.5) is 13.2 Å². The second-order valence-corrected chi connectivity index (χ2v) is 11.6. The van der Waals surface area contributed by atoms with Crippen molar-refractivity contribution in [1.29, 1.82) is 0 Å². The maximum atomic E-state index is 12.8. The Morgan fingerprint density at radius 3 is 2.48 bits per heavy atom. The summed E-state index contributed by atoms with van der Waals surface area (Å²) in [6.07, 6.45) is -2.97. The Labute approximate surface area is 239 Å². The molecule has 3 aromatic heterocycles. The van der Waals surface area contributed by atoms with E-state index in [4.69, 9.17) is 16.1 Å². The van der Waals surface area contributed by atoms with E-state index in [9.17, 15) is 18.0 Å². The molecule has 1 N–H and O–H groups in total. The number of hydrogen-bond donors (Lipinski definition) is 1. The van der Waals surface area contributed by atoms with Crippen LogP contribution in [-0.4, -0.2) is 52.1 Å². The lowest BCUT2D eigenvalue weighted by molar-refractivity contribution is -0.274. The van der Waals surface area contributed by atoms with E-state index < -0.39 is 6.36 Å². The van der Waals surface area contributed by atoms with Crippen LogP contribution in [0.2, 0.25) is 4.34 Å². The number of hydrogen-bond acceptors (Lipinski definition) is 6. The third-order valence-corrected chi connectivity index (χ3v) is 7.94. The fourth-order valence-electron chi connectivity index (χ4n) is 4.72. The van der Waals surface area contributed by atoms with Crippen molar-refractivity contribution in [2.24, 2.45) is 0 Å². The molecule has 0 bridgehead atoms. The summed E-state index contributed by atoms with van der Waals surface area (Å²) in [6.45, 7) is 10.5. The maximum Gasteiger partial charge on any atom is 0.573 e. The lowest BCUT2D eigenvalue weighted by Crippen LogP contribution is -2.46. The molecule has 0 unspecified atom stereocenters. The highest BCUT2D eigenvalue weighted by molar-refractivity contribution is 7.19. The zero-order valence-corrected chi connectivity index (χ0v) is 24.3. The fraction of sp³-hybridized carbons (Fsp3) is 0.429. The van der Waals surface area contributed by atoms with Gasteiger partial charge in [0.2, 0.25) is 0 Å². The predicted molar refractivity (Wildman–Crippen MR) is 151 cm³/mol. The Bertz CT molecular complexity index is 1400. The molecule has 0 aliphatic carbocycles. The summed E-state index contributed by atoms with van der Waals surface area (Å²) in [5.74, 6) is 0.296. The third-order valence-electron chi connectivity index (χ3n) is 6.69. The van der Waals surface area contributed by atoms with Crippen molar-refractivity contribution in [3.8, 4) is 16.4 Å². The van der Waals surface area contributed by atoms with Gasteiger partial charge in [-0.1, -0.05) is 16.8 Å². The number of ether oxygens (including phenoxy) is 1. The summed E-state index contributed by atoms with van der Waals surface area (Å²) < 4.78 is 49.0. The Morgan fingerprint density at radius 1 is 1.20 bits per heavy atom. The van der Waals surface area contributed by atoms with Crippen LogP contribution in [-0.2, 0) is 6.54 Å². The van der Waals surface area contributed by atoms with Crippen LogP contribution >= 0.6 is 22.9 Å². The van der Waals surface area contributed by atoms with Crippen LogP contribution in [0.1, 0.15) is 49.8 Å². The number of nitrogens with zero attached hydrogens (tertiary/aromatic N) is 3. The molecule has 216 valence electrons. The van der Waals surface area contributed by atoms with Gasteiger partial charge >= 0.3 is 6.36 Å². The molecule has 1 saturated heterocycles. The van der Waals surface area contributed by atoms with Gasteiger partial charge in [-0.25, -0.2) is 0 Å². The summed E-state index contributed by atoms with van der Waals surface area (Å²) in [6, 6.07) is 12.0. The molecule has 1 aliphatic rings. The van der Waals surface area contributed by atoms with Crippen LogP contribution < -0.4 is 10.1 Å². The summed E-state index contributed by atoms with van der Waals surface area (Å²) in [5.41, 5.74) is 2.04. The Hall–Kier alpha value is -3.02. The monoisotopic (exact) mass is 596 g/mol. The number of likely N-dealkylation sites (tertiary alicyclic amines) is 1. The number of carbonyl (C=O) groups excluding carboxylic acids is 1. The van der Waals surface area contributed by atoms with Gasteiger partial charge in [0.15, 0.2) is 5.76 Å². The van der Waals surface area contributed by atoms with E-state index in [0.717, 1.165) is 46.6 Å². The minimum Gasteiger partial charge on any atom is -0.406 e. The van der Waals surface area contributed by atoms with E-state index in [-0.39, 0.29) is 17.7 Å². The summed E-state index contributed by atoms with van der Waals surface area (Å²) in [4.78, 5) is 16.2. The average molecular weight is 597 g/mol. The number of piperidine rings is 1. The zero-order valence-electron chi connectivity index (χ0n) is 22.7. The number of aromatic nitrogens is 2. The molecule has 1 aliphatic heterocycles. The van der Waals surface area contributed by atoms with Crippen molar-refractivity contribution in [3.05, 3.63) is 58.2 Å². The molecule has 0 spiro atoms. The van der Waals surface area contributed by atoms with Gasteiger partial charge in [0.1, 0.15) is 11.4 Å². The number of aryl methyl sites for hydroxylation is 2. The maximum absolute atomic E-state index is 12.8. The number of halogens is 4. The van der Waals surface area contributed by atoms with Gasteiger partial charge in [0, 0.05) is 48.7 Å². The highest BCUT2D eigenvalue weighted by atomic mass is 35.5. The quantitative estimate of drug-likeness (QED) is 0.249. The number of benzene rings is 1. The van der Waals surface area contributed by atoms with Crippen LogP contribution in [0, 0.1) is 6.92 Å². The van der Waals surface area contributed by atoms with Crippen LogP contribution in [0.5, 0.6) is 5.75 Å². The Morgan fingerprint density at radius 2 is 1.93 bits per heavy atom. The average Bonchev–Trinajstić information content (AvgIpc) is 3.61. The van der Waals surface area contributed by atoms with Gasteiger partial charge in [-0.15, -0.1) is 24.5 Å². The normalized spacial score (nSPS) is 14.8. The molecule has 4 aromatic rings. The third kappa shape index (κ3) is 7.58. The van der Waals surface area contributed by atoms with E-state index in [1.54, 1.807) is 12.1 Å². The number of thiophene rings is 1. The Balaban J connectivity index is 0.000000255. The molecule has 12 heteroatoms. The first-order valence-corrected chi connectivity index (χ1v) is 14.3. The zero-order chi connectivity index (χ0) is 29.0. The first-order chi connectivity index (χ1) is 18.9. The van der Waals surface area contributed by atoms with Crippen LogP contribution in [0.3, 0.4) is 0 Å². The summed E-state index contributed by atoms with van der Waals surface area (Å²) in [5, 5.41) is 7.42. The second kappa shape index (κ2) is 12.7. The molecule has 7 nitrogen and oxygen atoms in total. The number of alkyl halides is 3. The molecule has 1 fully saturated rings. The Kier molecular flexibility index (Phi) is 9.48. The standard InChI is InChI=1S/C20H26F3N3O2.C8H6ClNOS/c1-4-26-17-6-5-16(28-20(21,22)23)11-14(17)12-18(26)19(27)24-15-7-9-25(10-8-15)13(2)3;1-5-4-6(11-10-5)7-2-3-8(9)12-7/h5-6,11-13,15H,4,7-10H2,1-3H3,(H,24,27);2-4H,1H3. The molecule has 0 atom stereocenters. The van der Waals surface area contributed by atoms with Crippen LogP contribution in [0.15, 0.2) is 47.0 Å². The first kappa shape index (κ1) is 30.0. The van der Waals surface area contributed by atoms with Crippen molar-refractivity contribution in [2.75, 3.05) is 13.1 Å². The van der Waals surface area contributed by atoms with Gasteiger partial charge in [0.05, 0.1) is 14.9 Å². The lowest BCUT2D eigenvalue weighted by atomic mass is 10.0. The molecule has 4 heterocycles. The van der Waals surface area contributed by atoms with E-state index in [2.05, 4.69) is 34.0 Å². The van der Waals surface area contributed by atoms with E-state index in [0.29, 0.717) is 29.2 Å². The highest BCUT2D eigenvalue weighted by Crippen LogP contribution is 2.31.